The summed E-state index contributed by atoms with van der Waals surface area (Å²) in [5.41, 5.74) is 5.85. The smallest absolute Gasteiger partial charge is 0.270 e. The number of non-ortho nitro benzene ring substituents is 1. The zero-order valence-electron chi connectivity index (χ0n) is 11.6. The van der Waals surface area contributed by atoms with Crippen LogP contribution in [-0.4, -0.2) is 37.3 Å². The van der Waals surface area contributed by atoms with Crippen LogP contribution in [0.15, 0.2) is 23.1 Å². The Morgan fingerprint density at radius 1 is 1.48 bits per heavy atom. The largest absolute Gasteiger partial charge is 0.330 e. The third-order valence-corrected chi connectivity index (χ3v) is 5.59. The van der Waals surface area contributed by atoms with Crippen molar-refractivity contribution in [3.63, 3.8) is 0 Å². The third-order valence-electron chi connectivity index (χ3n) is 3.58. The van der Waals surface area contributed by atoms with Gasteiger partial charge in [-0.3, -0.25) is 10.1 Å². The summed E-state index contributed by atoms with van der Waals surface area (Å²) in [6.07, 6.45) is 0.726. The van der Waals surface area contributed by atoms with Gasteiger partial charge in [-0.05, 0) is 31.4 Å². The van der Waals surface area contributed by atoms with E-state index in [1.54, 1.807) is 6.92 Å². The van der Waals surface area contributed by atoms with Gasteiger partial charge in [-0.15, -0.1) is 12.4 Å². The predicted molar refractivity (Wildman–Crippen MR) is 81.0 cm³/mol. The first kappa shape index (κ1) is 17.8. The van der Waals surface area contributed by atoms with Gasteiger partial charge in [0.25, 0.3) is 5.69 Å². The summed E-state index contributed by atoms with van der Waals surface area (Å²) in [7, 11) is -3.70. The van der Waals surface area contributed by atoms with Gasteiger partial charge >= 0.3 is 0 Å². The molecule has 118 valence electrons. The molecule has 1 saturated heterocycles. The van der Waals surface area contributed by atoms with Crippen LogP contribution in [0.1, 0.15) is 12.0 Å². The highest BCUT2D eigenvalue weighted by Crippen LogP contribution is 2.28. The van der Waals surface area contributed by atoms with Crippen molar-refractivity contribution in [2.45, 2.75) is 18.2 Å². The van der Waals surface area contributed by atoms with Crippen LogP contribution in [0.3, 0.4) is 0 Å². The van der Waals surface area contributed by atoms with Crippen molar-refractivity contribution in [3.8, 4) is 0 Å². The van der Waals surface area contributed by atoms with E-state index in [9.17, 15) is 18.5 Å². The van der Waals surface area contributed by atoms with Crippen molar-refractivity contribution in [2.75, 3.05) is 19.6 Å². The molecular weight excluding hydrogens is 318 g/mol. The Hall–Kier alpha value is -1.22. The number of sulfonamides is 1. The summed E-state index contributed by atoms with van der Waals surface area (Å²) < 4.78 is 26.5. The summed E-state index contributed by atoms with van der Waals surface area (Å²) in [6, 6.07) is 3.89. The minimum absolute atomic E-state index is 0. The number of nitro benzene ring substituents is 1. The topological polar surface area (TPSA) is 107 Å². The molecular formula is C12H18ClN3O4S. The maximum absolute atomic E-state index is 12.6. The van der Waals surface area contributed by atoms with Gasteiger partial charge in [-0.25, -0.2) is 8.42 Å². The van der Waals surface area contributed by atoms with E-state index < -0.39 is 14.9 Å². The highest BCUT2D eigenvalue weighted by molar-refractivity contribution is 7.89. The van der Waals surface area contributed by atoms with Crippen molar-refractivity contribution in [1.82, 2.24) is 4.31 Å². The average Bonchev–Trinajstić information content (AvgIpc) is 2.88. The number of rotatable bonds is 4. The minimum atomic E-state index is -3.70. The number of aryl methyl sites for hydroxylation is 1. The van der Waals surface area contributed by atoms with E-state index in [0.717, 1.165) is 12.5 Å². The Morgan fingerprint density at radius 3 is 2.67 bits per heavy atom. The molecule has 1 aromatic carbocycles. The van der Waals surface area contributed by atoms with Crippen LogP contribution in [0.2, 0.25) is 0 Å². The molecule has 1 aromatic rings. The average molecular weight is 336 g/mol. The summed E-state index contributed by atoms with van der Waals surface area (Å²) >= 11 is 0. The van der Waals surface area contributed by atoms with Crippen LogP contribution < -0.4 is 5.73 Å². The lowest BCUT2D eigenvalue weighted by Gasteiger charge is -2.17. The van der Waals surface area contributed by atoms with Crippen molar-refractivity contribution in [1.29, 1.82) is 0 Å². The molecule has 1 atom stereocenters. The molecule has 0 aromatic heterocycles. The van der Waals surface area contributed by atoms with Gasteiger partial charge in [0.2, 0.25) is 10.0 Å². The quantitative estimate of drug-likeness (QED) is 0.659. The first-order chi connectivity index (χ1) is 9.36. The summed E-state index contributed by atoms with van der Waals surface area (Å²) in [4.78, 5) is 10.2. The molecule has 7 nitrogen and oxygen atoms in total. The van der Waals surface area contributed by atoms with Crippen molar-refractivity contribution in [2.24, 2.45) is 11.7 Å². The Labute approximate surface area is 129 Å². The number of nitrogens with two attached hydrogens (primary N) is 1. The van der Waals surface area contributed by atoms with Crippen LogP contribution in [-0.2, 0) is 10.0 Å². The Bertz CT molecular complexity index is 635. The van der Waals surface area contributed by atoms with E-state index in [1.165, 1.54) is 16.4 Å². The molecule has 0 bridgehead atoms. The summed E-state index contributed by atoms with van der Waals surface area (Å²) in [5, 5.41) is 10.8. The molecule has 1 aliphatic rings. The molecule has 0 aliphatic carbocycles. The second kappa shape index (κ2) is 6.69. The molecule has 1 unspecified atom stereocenters. The van der Waals surface area contributed by atoms with Crippen molar-refractivity contribution < 1.29 is 13.3 Å². The van der Waals surface area contributed by atoms with Crippen LogP contribution in [0.5, 0.6) is 0 Å². The highest BCUT2D eigenvalue weighted by atomic mass is 35.5. The monoisotopic (exact) mass is 335 g/mol. The number of hydrogen-bond donors (Lipinski definition) is 1. The van der Waals surface area contributed by atoms with Gasteiger partial charge < -0.3 is 5.73 Å². The molecule has 2 rings (SSSR count). The van der Waals surface area contributed by atoms with Crippen LogP contribution in [0, 0.1) is 23.0 Å². The number of halogens is 1. The normalized spacial score (nSPS) is 19.2. The Balaban J connectivity index is 0.00000220. The van der Waals surface area contributed by atoms with E-state index in [4.69, 9.17) is 5.73 Å². The van der Waals surface area contributed by atoms with Crippen LogP contribution in [0.25, 0.3) is 0 Å². The number of nitrogens with zero attached hydrogens (tertiary/aromatic N) is 2. The zero-order valence-corrected chi connectivity index (χ0v) is 13.2. The van der Waals surface area contributed by atoms with E-state index in [0.29, 0.717) is 25.2 Å². The molecule has 1 fully saturated rings. The summed E-state index contributed by atoms with van der Waals surface area (Å²) in [6.45, 7) is 2.86. The maximum atomic E-state index is 12.6. The molecule has 0 amide bonds. The van der Waals surface area contributed by atoms with E-state index in [1.807, 2.05) is 0 Å². The Morgan fingerprint density at radius 2 is 2.14 bits per heavy atom. The van der Waals surface area contributed by atoms with Gasteiger partial charge in [0.1, 0.15) is 0 Å². The molecule has 1 aliphatic heterocycles. The molecule has 1 heterocycles. The fraction of sp³-hybridized carbons (Fsp3) is 0.500. The zero-order chi connectivity index (χ0) is 14.9. The number of nitro groups is 1. The second-order valence-electron chi connectivity index (χ2n) is 4.96. The standard InChI is InChI=1S/C12H17N3O4S.ClH/c1-9-2-3-11(15(16)17)6-12(9)20(18,19)14-5-4-10(7-13)8-14;/h2-3,6,10H,4-5,7-8,13H2,1H3;1H. The fourth-order valence-corrected chi connectivity index (χ4v) is 4.10. The lowest BCUT2D eigenvalue weighted by molar-refractivity contribution is -0.385. The van der Waals surface area contributed by atoms with Gasteiger partial charge in [-0.1, -0.05) is 6.07 Å². The van der Waals surface area contributed by atoms with Crippen molar-refractivity contribution >= 4 is 28.1 Å². The van der Waals surface area contributed by atoms with Gasteiger partial charge in [-0.2, -0.15) is 4.31 Å². The van der Waals surface area contributed by atoms with Crippen LogP contribution >= 0.6 is 12.4 Å². The second-order valence-corrected chi connectivity index (χ2v) is 6.87. The van der Waals surface area contributed by atoms with Crippen molar-refractivity contribution in [3.05, 3.63) is 33.9 Å². The minimum Gasteiger partial charge on any atom is -0.330 e. The molecule has 21 heavy (non-hydrogen) atoms. The fourth-order valence-electron chi connectivity index (χ4n) is 2.33. The molecule has 0 saturated carbocycles. The van der Waals surface area contributed by atoms with E-state index in [2.05, 4.69) is 0 Å². The SMILES string of the molecule is Cc1ccc([N+](=O)[O-])cc1S(=O)(=O)N1CCC(CN)C1.Cl. The summed E-state index contributed by atoms with van der Waals surface area (Å²) in [5.74, 6) is 0.156. The van der Waals surface area contributed by atoms with E-state index >= 15 is 0 Å². The molecule has 9 heteroatoms. The predicted octanol–water partition coefficient (Wildman–Crippen LogP) is 1.29. The van der Waals surface area contributed by atoms with Crippen LogP contribution in [0.4, 0.5) is 5.69 Å². The Kier molecular flexibility index (Phi) is 5.68. The lowest BCUT2D eigenvalue weighted by Crippen LogP contribution is -2.30. The number of benzene rings is 1. The van der Waals surface area contributed by atoms with Gasteiger partial charge in [0.15, 0.2) is 0 Å². The first-order valence-corrected chi connectivity index (χ1v) is 7.75. The lowest BCUT2D eigenvalue weighted by atomic mass is 10.1. The maximum Gasteiger partial charge on any atom is 0.270 e. The number of hydrogen-bond acceptors (Lipinski definition) is 5. The molecule has 0 spiro atoms. The first-order valence-electron chi connectivity index (χ1n) is 6.31. The van der Waals surface area contributed by atoms with Gasteiger partial charge in [0, 0.05) is 25.2 Å². The van der Waals surface area contributed by atoms with E-state index in [-0.39, 0.29) is 28.9 Å². The molecule has 2 N–H and O–H groups in total. The third kappa shape index (κ3) is 3.52. The van der Waals surface area contributed by atoms with Gasteiger partial charge in [0.05, 0.1) is 9.82 Å². The molecule has 0 radical (unpaired) electrons. The highest BCUT2D eigenvalue weighted by Gasteiger charge is 2.33.